The van der Waals surface area contributed by atoms with Crippen molar-refractivity contribution in [3.63, 3.8) is 0 Å². The zero-order chi connectivity index (χ0) is 83.6. The average molecular weight is 1620 g/mol. The Morgan fingerprint density at radius 2 is 0.964 bits per heavy atom. The molecule has 111 heavy (non-hydrogen) atoms. The summed E-state index contributed by atoms with van der Waals surface area (Å²) < 4.78 is 4.99. The molecule has 41 nitrogen and oxygen atoms in total. The molecule has 13 amide bonds. The molecule has 2 saturated heterocycles. The molecule has 0 saturated carbocycles. The van der Waals surface area contributed by atoms with Crippen LogP contribution in [0.1, 0.15) is 149 Å². The molecule has 0 spiro atoms. The lowest BCUT2D eigenvalue weighted by atomic mass is 10.0. The predicted octanol–water partition coefficient (Wildman–Crippen LogP) is -6.05. The molecule has 2 fully saturated rings. The van der Waals surface area contributed by atoms with Gasteiger partial charge in [0, 0.05) is 32.4 Å². The fourth-order valence-electron chi connectivity index (χ4n) is 12.2. The van der Waals surface area contributed by atoms with E-state index in [0.717, 1.165) is 30.6 Å². The number of carbonyl (C=O) groups is 16. The highest BCUT2D eigenvalue weighted by molar-refractivity contribution is 7.98. The number of primary amides is 1. The van der Waals surface area contributed by atoms with E-state index in [0.29, 0.717) is 37.8 Å². The number of carboxylic acid groups (broad SMARTS) is 3. The quantitative estimate of drug-likeness (QED) is 0.0213. The van der Waals surface area contributed by atoms with Crippen LogP contribution in [-0.2, 0) is 87.7 Å². The van der Waals surface area contributed by atoms with Gasteiger partial charge < -0.3 is 111 Å². The van der Waals surface area contributed by atoms with E-state index in [2.05, 4.69) is 53.2 Å². The van der Waals surface area contributed by atoms with Crippen molar-refractivity contribution in [2.75, 3.05) is 38.2 Å². The lowest BCUT2D eigenvalue weighted by Gasteiger charge is -2.33. The fourth-order valence-corrected chi connectivity index (χ4v) is 13.3. The van der Waals surface area contributed by atoms with E-state index in [4.69, 9.17) is 32.6 Å². The second-order valence-corrected chi connectivity index (χ2v) is 29.9. The van der Waals surface area contributed by atoms with Gasteiger partial charge in [0.15, 0.2) is 0 Å². The first-order valence-corrected chi connectivity index (χ1v) is 39.5. The first kappa shape index (κ1) is 96.4. The van der Waals surface area contributed by atoms with E-state index >= 15 is 0 Å². The first-order chi connectivity index (χ1) is 52.1. The number of aliphatic hydroxyl groups excluding tert-OH is 2. The number of nitrogens with two attached hydrogens (primary N) is 4. The molecule has 0 bridgehead atoms. The molecule has 0 unspecified atom stereocenters. The van der Waals surface area contributed by atoms with Gasteiger partial charge >= 0.3 is 26.1 Å². The molecule has 0 aliphatic carbocycles. The zero-order valence-electron chi connectivity index (χ0n) is 63.0. The highest BCUT2D eigenvalue weighted by atomic mass is 32.2. The minimum absolute atomic E-state index is 0.00505. The Kier molecular flexibility index (Phi) is 41.8. The number of benzene rings is 1. The molecule has 16 atom stereocenters. The number of aliphatic carboxylic acids is 3. The average Bonchev–Trinajstić information content (AvgIpc) is 1.75. The molecule has 2 aliphatic rings. The maximum atomic E-state index is 14.9. The van der Waals surface area contributed by atoms with Gasteiger partial charge in [-0.15, -0.1) is 4.52 Å². The number of carboxylic acids is 3. The van der Waals surface area contributed by atoms with Crippen LogP contribution in [0.4, 0.5) is 0 Å². The molecular weight excluding hydrogens is 1500 g/mol. The Morgan fingerprint density at radius 3 is 1.47 bits per heavy atom. The first-order valence-electron chi connectivity index (χ1n) is 36.5. The number of unbranched alkanes of at least 4 members (excludes halogenated alkanes) is 2. The Labute approximate surface area is 646 Å². The Hall–Kier alpha value is -8.84. The summed E-state index contributed by atoms with van der Waals surface area (Å²) in [5.74, 6) is -18.5. The fraction of sp³-hybridized carbons (Fsp3) is 0.676. The minimum Gasteiger partial charge on any atom is -0.481 e. The maximum absolute atomic E-state index is 14.9. The highest BCUT2D eigenvalue weighted by Gasteiger charge is 2.48. The van der Waals surface area contributed by atoms with Gasteiger partial charge in [0.25, 0.3) is 0 Å². The highest BCUT2D eigenvalue weighted by Crippen LogP contribution is 2.47. The normalized spacial score (nSPS) is 18.0. The van der Waals surface area contributed by atoms with Crippen LogP contribution in [0.2, 0.25) is 0 Å². The van der Waals surface area contributed by atoms with Crippen molar-refractivity contribution in [2.24, 2.45) is 28.9 Å². The third kappa shape index (κ3) is 33.6. The second kappa shape index (κ2) is 48.2. The van der Waals surface area contributed by atoms with Crippen LogP contribution in [0.15, 0.2) is 30.3 Å². The zero-order valence-corrected chi connectivity index (χ0v) is 64.8. The third-order valence-corrected chi connectivity index (χ3v) is 19.4. The van der Waals surface area contributed by atoms with Crippen LogP contribution in [0.3, 0.4) is 0 Å². The van der Waals surface area contributed by atoms with Gasteiger partial charge in [-0.05, 0) is 141 Å². The van der Waals surface area contributed by atoms with E-state index in [1.165, 1.54) is 11.8 Å². The molecule has 0 aromatic heterocycles. The van der Waals surface area contributed by atoms with Crippen LogP contribution in [-0.4, -0.2) is 280 Å². The number of aliphatic hydroxyl groups is 2. The van der Waals surface area contributed by atoms with E-state index < -0.39 is 232 Å². The summed E-state index contributed by atoms with van der Waals surface area (Å²) in [6.07, 6.45) is -5.57. The van der Waals surface area contributed by atoms with Crippen LogP contribution in [0, 0.1) is 5.92 Å². The van der Waals surface area contributed by atoms with Crippen molar-refractivity contribution in [1.82, 2.24) is 63.0 Å². The molecule has 43 heteroatoms. The number of likely N-dealkylation sites (tertiary alicyclic amines) is 2. The predicted molar refractivity (Wildman–Crippen MR) is 398 cm³/mol. The SMILES string of the molecule is CSCC[C@H](NC(=O)[C@H](CCCCN)NC(=O)[C@@H](N)CCCCN)C(=O)N[C@H](C(=O)N[C@@H](Cc1ccccc1)C(=O)N[C@@H](CCC(N)=O)C(=O)N[C@H](C(=O)N1CCC[C@H]1C(=O)N[C@H](C(=O)N[C@@H](CC(=O)O)C(=O)N1CCC[C@H]1C(=O)N[C@@H](CC(C)C)C(=O)N[C@@H](CCC(=O)O)C(=O)O)[C@@H](C)O)[C@@H](C)O[P+](O)(O)O)[C@@H](C)O. The van der Waals surface area contributed by atoms with Crippen molar-refractivity contribution in [1.29, 1.82) is 0 Å². The van der Waals surface area contributed by atoms with E-state index in [9.17, 15) is 112 Å². The molecule has 624 valence electrons. The van der Waals surface area contributed by atoms with Gasteiger partial charge in [0.05, 0.1) is 24.7 Å². The Morgan fingerprint density at radius 1 is 0.514 bits per heavy atom. The summed E-state index contributed by atoms with van der Waals surface area (Å²) >= 11 is 1.31. The van der Waals surface area contributed by atoms with Gasteiger partial charge in [0.1, 0.15) is 78.6 Å². The van der Waals surface area contributed by atoms with Crippen LogP contribution in [0.5, 0.6) is 0 Å². The molecule has 1 aromatic carbocycles. The topological polar surface area (TPSA) is 675 Å². The van der Waals surface area contributed by atoms with E-state index in [-0.39, 0.29) is 89.1 Å². The number of rotatable bonds is 51. The third-order valence-electron chi connectivity index (χ3n) is 18.1. The van der Waals surface area contributed by atoms with Crippen molar-refractivity contribution in [3.05, 3.63) is 35.9 Å². The summed E-state index contributed by atoms with van der Waals surface area (Å²) in [7, 11) is -5.34. The number of thioether (sulfide) groups is 1. The maximum Gasteiger partial charge on any atom is 0.567 e. The van der Waals surface area contributed by atoms with Crippen molar-refractivity contribution in [3.8, 4) is 0 Å². The molecule has 1 aromatic rings. The Bertz CT molecular complexity index is 3340. The van der Waals surface area contributed by atoms with Crippen LogP contribution < -0.4 is 76.1 Å². The van der Waals surface area contributed by atoms with Crippen molar-refractivity contribution >= 4 is 115 Å². The summed E-state index contributed by atoms with van der Waals surface area (Å²) in [5.41, 5.74) is 23.3. The Balaban J connectivity index is 1.96. The van der Waals surface area contributed by atoms with Gasteiger partial charge in [-0.25, -0.2) is 4.79 Å². The number of hydrogen-bond donors (Lipinski definition) is 22. The van der Waals surface area contributed by atoms with Crippen LogP contribution in [0.25, 0.3) is 0 Å². The van der Waals surface area contributed by atoms with Crippen LogP contribution >= 0.6 is 19.9 Å². The van der Waals surface area contributed by atoms with E-state index in [1.54, 1.807) is 50.4 Å². The van der Waals surface area contributed by atoms with Gasteiger partial charge in [0.2, 0.25) is 76.8 Å². The second-order valence-electron chi connectivity index (χ2n) is 27.7. The number of hydrogen-bond acceptors (Lipinski definition) is 26. The van der Waals surface area contributed by atoms with Gasteiger partial charge in [-0.1, -0.05) is 50.6 Å². The summed E-state index contributed by atoms with van der Waals surface area (Å²) in [6, 6.07) is -13.5. The number of amides is 13. The smallest absolute Gasteiger partial charge is 0.481 e. The molecule has 3 rings (SSSR count). The number of carbonyl (C=O) groups excluding carboxylic acids is 13. The molecule has 2 aliphatic heterocycles. The monoisotopic (exact) mass is 1620 g/mol. The summed E-state index contributed by atoms with van der Waals surface area (Å²) in [6.45, 7) is 6.62. The number of nitrogens with one attached hydrogen (secondary N) is 10. The number of nitrogens with zero attached hydrogens (tertiary/aromatic N) is 2. The lowest BCUT2D eigenvalue weighted by molar-refractivity contribution is -0.147. The van der Waals surface area contributed by atoms with Crippen molar-refractivity contribution in [2.45, 2.75) is 247 Å². The van der Waals surface area contributed by atoms with E-state index in [1.807, 2.05) is 0 Å². The largest absolute Gasteiger partial charge is 0.567 e. The van der Waals surface area contributed by atoms with Crippen molar-refractivity contribution < 1.29 is 121 Å². The minimum atomic E-state index is -5.34. The standard InChI is InChI=1S/C68H111N16O25PS/c1-35(2)32-45(60(96)76-44(68(104)105)23-25-51(88)89)77-62(98)48-20-14-29-83(48)66(102)47(34-52(90)91)79-65(101)54(37(4)86)81-63(99)49-21-15-30-84(49)67(103)55(38(5)109-110(106,107)108)82-58(94)42(22-24-50(72)87)74-61(97)46(33-39-16-8-7-9-17-39)78-64(100)53(36(3)85)80-59(95)43(26-31-111-6)75-57(93)41(19-11-13-28-70)73-56(92)40(71)18-10-12-27-69/h7-9,16-17,35-38,40-49,53-55,85-86,106-108H,10-15,18-34,69-71H2,1-6H3,(H14-,72,73,74,75,76,77,78,79,80,81,82,87,88,89,90,91,92,93,94,95,96,97,98,99,100,101,104,105)/p+1/t36-,37-,38-,40+,41+,42+,43+,44+,45+,46+,47+,48+,49+,53+,54+,55+/m1/s1. The summed E-state index contributed by atoms with van der Waals surface area (Å²) in [4.78, 5) is 250. The molecule has 0 radical (unpaired) electrons. The van der Waals surface area contributed by atoms with Gasteiger partial charge in [-0.3, -0.25) is 71.9 Å². The van der Waals surface area contributed by atoms with Gasteiger partial charge in [-0.2, -0.15) is 26.4 Å². The molecule has 26 N–H and O–H groups in total. The summed E-state index contributed by atoms with van der Waals surface area (Å²) in [5, 5.41) is 75.0. The lowest BCUT2D eigenvalue weighted by Crippen LogP contribution is -2.63. The molecule has 2 heterocycles. The molecular formula is C68H112N16O25PS+.